The molecule has 0 spiro atoms. The molecule has 0 radical (unpaired) electrons. The lowest BCUT2D eigenvalue weighted by molar-refractivity contribution is 0.0724. The molecule has 102 valence electrons. The van der Waals surface area contributed by atoms with E-state index < -0.39 is 0 Å². The number of aromatic nitrogens is 1. The van der Waals surface area contributed by atoms with Crippen LogP contribution >= 0.6 is 12.2 Å². The van der Waals surface area contributed by atoms with Gasteiger partial charge in [0.25, 0.3) is 5.91 Å². The molecule has 1 fully saturated rings. The quantitative estimate of drug-likeness (QED) is 0.808. The van der Waals surface area contributed by atoms with Gasteiger partial charge in [-0.25, -0.2) is 0 Å². The Bertz CT molecular complexity index is 503. The van der Waals surface area contributed by atoms with Crippen LogP contribution in [0.25, 0.3) is 0 Å². The van der Waals surface area contributed by atoms with E-state index >= 15 is 0 Å². The van der Waals surface area contributed by atoms with Crippen molar-refractivity contribution in [3.05, 3.63) is 29.6 Å². The van der Waals surface area contributed by atoms with E-state index in [1.165, 1.54) is 6.20 Å². The van der Waals surface area contributed by atoms with Gasteiger partial charge in [-0.15, -0.1) is 0 Å². The summed E-state index contributed by atoms with van der Waals surface area (Å²) in [7, 11) is 0. The minimum absolute atomic E-state index is 0.00709. The van der Waals surface area contributed by atoms with Crippen molar-refractivity contribution in [1.82, 2.24) is 10.3 Å². The fourth-order valence-corrected chi connectivity index (χ4v) is 2.12. The number of nitrogens with two attached hydrogens (primary N) is 1. The normalized spacial score (nSPS) is 26.1. The van der Waals surface area contributed by atoms with Gasteiger partial charge in [-0.3, -0.25) is 9.78 Å². The summed E-state index contributed by atoms with van der Waals surface area (Å²) in [4.78, 5) is 16.5. The minimum Gasteiger partial charge on any atom is -0.389 e. The standard InChI is InChI=1S/C13H17N3O2S/c1-8-13(2,5-6-18-8)16-12(17)10-4-3-9(7-15-10)11(14)19/h3-4,7-8H,5-6H2,1-2H3,(H2,14,19)(H,16,17). The van der Waals surface area contributed by atoms with Gasteiger partial charge in [0.1, 0.15) is 10.7 Å². The van der Waals surface area contributed by atoms with E-state index in [9.17, 15) is 4.79 Å². The molecule has 1 aliphatic heterocycles. The fraction of sp³-hybridized carbons (Fsp3) is 0.462. The zero-order chi connectivity index (χ0) is 14.0. The molecule has 2 atom stereocenters. The number of amides is 1. The van der Waals surface area contributed by atoms with E-state index in [4.69, 9.17) is 22.7 Å². The van der Waals surface area contributed by atoms with Gasteiger partial charge in [0.05, 0.1) is 11.6 Å². The molecule has 0 aliphatic carbocycles. The van der Waals surface area contributed by atoms with Gasteiger partial charge in [-0.1, -0.05) is 12.2 Å². The summed E-state index contributed by atoms with van der Waals surface area (Å²) in [5, 5.41) is 2.98. The third-order valence-electron chi connectivity index (χ3n) is 3.57. The highest BCUT2D eigenvalue weighted by atomic mass is 32.1. The summed E-state index contributed by atoms with van der Waals surface area (Å²) in [5.41, 5.74) is 6.13. The first-order valence-corrected chi connectivity index (χ1v) is 6.53. The van der Waals surface area contributed by atoms with Crippen LogP contribution in [-0.4, -0.2) is 34.1 Å². The summed E-state index contributed by atoms with van der Waals surface area (Å²) in [5.74, 6) is -0.214. The number of carbonyl (C=O) groups is 1. The second kappa shape index (κ2) is 5.22. The summed E-state index contributed by atoms with van der Waals surface area (Å²) in [6, 6.07) is 3.31. The van der Waals surface area contributed by atoms with Gasteiger partial charge in [0, 0.05) is 18.4 Å². The molecular weight excluding hydrogens is 262 g/mol. The molecule has 2 heterocycles. The van der Waals surface area contributed by atoms with E-state index in [2.05, 4.69) is 10.3 Å². The van der Waals surface area contributed by atoms with Crippen molar-refractivity contribution in [3.63, 3.8) is 0 Å². The molecule has 0 aromatic carbocycles. The van der Waals surface area contributed by atoms with E-state index in [1.807, 2.05) is 13.8 Å². The van der Waals surface area contributed by atoms with E-state index in [1.54, 1.807) is 12.1 Å². The van der Waals surface area contributed by atoms with E-state index in [0.717, 1.165) is 6.42 Å². The smallest absolute Gasteiger partial charge is 0.270 e. The number of hydrogen-bond acceptors (Lipinski definition) is 4. The number of pyridine rings is 1. The second-order valence-corrected chi connectivity index (χ2v) is 5.37. The Hall–Kier alpha value is -1.53. The zero-order valence-electron chi connectivity index (χ0n) is 11.0. The Labute approximate surface area is 117 Å². The summed E-state index contributed by atoms with van der Waals surface area (Å²) in [6.07, 6.45) is 2.30. The lowest BCUT2D eigenvalue weighted by Gasteiger charge is -2.28. The molecular formula is C13H17N3O2S. The Kier molecular flexibility index (Phi) is 3.82. The van der Waals surface area contributed by atoms with Crippen LogP contribution in [0, 0.1) is 0 Å². The number of ether oxygens (including phenoxy) is 1. The first kappa shape index (κ1) is 13.9. The maximum absolute atomic E-state index is 12.1. The van der Waals surface area contributed by atoms with Crippen LogP contribution in [0.5, 0.6) is 0 Å². The maximum Gasteiger partial charge on any atom is 0.270 e. The van der Waals surface area contributed by atoms with Crippen LogP contribution < -0.4 is 11.1 Å². The van der Waals surface area contributed by atoms with Gasteiger partial charge >= 0.3 is 0 Å². The van der Waals surface area contributed by atoms with Gasteiger partial charge in [-0.05, 0) is 32.4 Å². The van der Waals surface area contributed by atoms with Crippen LogP contribution in [0.3, 0.4) is 0 Å². The van der Waals surface area contributed by atoms with Gasteiger partial charge in [0.2, 0.25) is 0 Å². The molecule has 2 rings (SSSR count). The van der Waals surface area contributed by atoms with Crippen LogP contribution in [0.4, 0.5) is 0 Å². The molecule has 1 saturated heterocycles. The van der Waals surface area contributed by atoms with E-state index in [-0.39, 0.29) is 22.5 Å². The number of carbonyl (C=O) groups excluding carboxylic acids is 1. The van der Waals surface area contributed by atoms with Gasteiger partial charge in [-0.2, -0.15) is 0 Å². The topological polar surface area (TPSA) is 77.2 Å². The first-order valence-electron chi connectivity index (χ1n) is 6.12. The average molecular weight is 279 g/mol. The molecule has 1 aromatic heterocycles. The van der Waals surface area contributed by atoms with Crippen LogP contribution in [0.1, 0.15) is 36.3 Å². The zero-order valence-corrected chi connectivity index (χ0v) is 11.8. The number of rotatable bonds is 3. The van der Waals surface area contributed by atoms with Crippen LogP contribution in [0.2, 0.25) is 0 Å². The minimum atomic E-state index is -0.347. The lowest BCUT2D eigenvalue weighted by Crippen LogP contribution is -2.50. The SMILES string of the molecule is CC1OCCC1(C)NC(=O)c1ccc(C(N)=S)cn1. The lowest BCUT2D eigenvalue weighted by atomic mass is 9.94. The fourth-order valence-electron chi connectivity index (χ4n) is 2.00. The molecule has 19 heavy (non-hydrogen) atoms. The maximum atomic E-state index is 12.1. The molecule has 6 heteroatoms. The summed E-state index contributed by atoms with van der Waals surface area (Å²) in [6.45, 7) is 4.59. The third-order valence-corrected chi connectivity index (χ3v) is 3.80. The number of thiocarbonyl (C=S) groups is 1. The highest BCUT2D eigenvalue weighted by Crippen LogP contribution is 2.25. The number of nitrogens with one attached hydrogen (secondary N) is 1. The molecule has 3 N–H and O–H groups in total. The number of hydrogen-bond donors (Lipinski definition) is 2. The van der Waals surface area contributed by atoms with Crippen molar-refractivity contribution in [1.29, 1.82) is 0 Å². The molecule has 1 aliphatic rings. The van der Waals surface area contributed by atoms with Crippen LogP contribution in [0.15, 0.2) is 18.3 Å². The Balaban J connectivity index is 2.10. The highest BCUT2D eigenvalue weighted by molar-refractivity contribution is 7.80. The summed E-state index contributed by atoms with van der Waals surface area (Å²) >= 11 is 4.84. The summed E-state index contributed by atoms with van der Waals surface area (Å²) < 4.78 is 5.49. The van der Waals surface area contributed by atoms with Crippen molar-refractivity contribution in [2.45, 2.75) is 31.9 Å². The van der Waals surface area contributed by atoms with Gasteiger partial charge in [0.15, 0.2) is 0 Å². The molecule has 0 bridgehead atoms. The predicted molar refractivity (Wildman–Crippen MR) is 76.0 cm³/mol. The van der Waals surface area contributed by atoms with Crippen molar-refractivity contribution in [2.75, 3.05) is 6.61 Å². The van der Waals surface area contributed by atoms with Crippen LogP contribution in [-0.2, 0) is 4.74 Å². The molecule has 5 nitrogen and oxygen atoms in total. The van der Waals surface area contributed by atoms with Crippen molar-refractivity contribution >= 4 is 23.1 Å². The van der Waals surface area contributed by atoms with Crippen molar-refractivity contribution in [2.24, 2.45) is 5.73 Å². The Morgan fingerprint density at radius 1 is 1.63 bits per heavy atom. The van der Waals surface area contributed by atoms with Crippen molar-refractivity contribution in [3.8, 4) is 0 Å². The largest absolute Gasteiger partial charge is 0.389 e. The molecule has 1 amide bonds. The first-order chi connectivity index (χ1) is 8.92. The Morgan fingerprint density at radius 3 is 2.84 bits per heavy atom. The number of nitrogens with zero attached hydrogens (tertiary/aromatic N) is 1. The second-order valence-electron chi connectivity index (χ2n) is 4.93. The Morgan fingerprint density at radius 2 is 2.37 bits per heavy atom. The predicted octanol–water partition coefficient (Wildman–Crippen LogP) is 1.01. The van der Waals surface area contributed by atoms with Crippen molar-refractivity contribution < 1.29 is 9.53 Å². The van der Waals surface area contributed by atoms with Gasteiger partial charge < -0.3 is 15.8 Å². The highest BCUT2D eigenvalue weighted by Gasteiger charge is 2.38. The molecule has 1 aromatic rings. The van der Waals surface area contributed by atoms with E-state index in [0.29, 0.717) is 17.9 Å². The average Bonchev–Trinajstić information content (AvgIpc) is 2.69. The monoisotopic (exact) mass is 279 g/mol. The third kappa shape index (κ3) is 2.90. The molecule has 2 unspecified atom stereocenters. The molecule has 0 saturated carbocycles.